The first-order valence-electron chi connectivity index (χ1n) is 9.91. The van der Waals surface area contributed by atoms with Crippen LogP contribution in [0.2, 0.25) is 0 Å². The van der Waals surface area contributed by atoms with E-state index in [-0.39, 0.29) is 23.6 Å². The van der Waals surface area contributed by atoms with Crippen LogP contribution >= 0.6 is 0 Å². The summed E-state index contributed by atoms with van der Waals surface area (Å²) in [5, 5.41) is 15.7. The molecule has 2 aromatic carbocycles. The maximum atomic E-state index is 13.3. The third-order valence-corrected chi connectivity index (χ3v) is 5.46. The second-order valence-corrected chi connectivity index (χ2v) is 7.62. The number of nitrogens with one attached hydrogen (secondary N) is 1. The molecule has 0 bridgehead atoms. The Morgan fingerprint density at radius 3 is 2.55 bits per heavy atom. The lowest BCUT2D eigenvalue weighted by atomic mass is 9.85. The fourth-order valence-electron chi connectivity index (χ4n) is 3.92. The lowest BCUT2D eigenvalue weighted by molar-refractivity contribution is -0.116. The van der Waals surface area contributed by atoms with E-state index in [0.717, 1.165) is 22.4 Å². The molecule has 2 aromatic heterocycles. The Hall–Kier alpha value is -3.94. The summed E-state index contributed by atoms with van der Waals surface area (Å²) in [6.07, 6.45) is 1.85. The highest BCUT2D eigenvalue weighted by Gasteiger charge is 2.33. The molecule has 0 fully saturated rings. The van der Waals surface area contributed by atoms with E-state index in [2.05, 4.69) is 25.6 Å². The summed E-state index contributed by atoms with van der Waals surface area (Å²) in [5.74, 6) is 0.259. The van der Waals surface area contributed by atoms with Crippen molar-refractivity contribution in [3.63, 3.8) is 0 Å². The van der Waals surface area contributed by atoms with Gasteiger partial charge in [0.25, 0.3) is 5.95 Å². The SMILES string of the molecule is Cc1ccc([C@H]2CC(=O)Nc3c2c(C)nn3-c2nncc(-c3ccc(F)cc3)n2)cc1. The normalized spacial score (nSPS) is 15.5. The smallest absolute Gasteiger partial charge is 0.272 e. The van der Waals surface area contributed by atoms with E-state index in [9.17, 15) is 9.18 Å². The van der Waals surface area contributed by atoms with E-state index < -0.39 is 0 Å². The molecule has 0 radical (unpaired) electrons. The first kappa shape index (κ1) is 19.0. The molecule has 0 unspecified atom stereocenters. The zero-order chi connectivity index (χ0) is 21.5. The Morgan fingerprint density at radius 1 is 1.06 bits per heavy atom. The quantitative estimate of drug-likeness (QED) is 0.549. The summed E-state index contributed by atoms with van der Waals surface area (Å²) >= 11 is 0. The van der Waals surface area contributed by atoms with E-state index >= 15 is 0 Å². The van der Waals surface area contributed by atoms with Crippen LogP contribution in [0, 0.1) is 19.7 Å². The number of carbonyl (C=O) groups is 1. The largest absolute Gasteiger partial charge is 0.310 e. The number of benzene rings is 2. The van der Waals surface area contributed by atoms with Gasteiger partial charge in [0.1, 0.15) is 11.6 Å². The first-order valence-corrected chi connectivity index (χ1v) is 9.91. The molecular formula is C23H19FN6O. The molecule has 0 saturated carbocycles. The maximum absolute atomic E-state index is 13.3. The second kappa shape index (κ2) is 7.39. The molecule has 154 valence electrons. The van der Waals surface area contributed by atoms with E-state index in [1.54, 1.807) is 12.1 Å². The van der Waals surface area contributed by atoms with Gasteiger partial charge in [-0.2, -0.15) is 14.9 Å². The molecule has 7 nitrogen and oxygen atoms in total. The van der Waals surface area contributed by atoms with Crippen LogP contribution in [0.5, 0.6) is 0 Å². The standard InChI is InChI=1S/C23H19FN6O/c1-13-3-5-15(6-4-13)18-11-20(31)27-22-21(18)14(2)29-30(22)23-26-19(12-25-28-23)16-7-9-17(24)10-8-16/h3-10,12,18H,11H2,1-2H3,(H,27,31)/t18-/m1/s1. The molecule has 1 aliphatic rings. The fourth-order valence-corrected chi connectivity index (χ4v) is 3.92. The molecule has 1 amide bonds. The predicted octanol–water partition coefficient (Wildman–Crippen LogP) is 3.95. The van der Waals surface area contributed by atoms with Gasteiger partial charge in [-0.3, -0.25) is 4.79 Å². The van der Waals surface area contributed by atoms with E-state index in [4.69, 9.17) is 0 Å². The van der Waals surface area contributed by atoms with Crippen LogP contribution in [0.4, 0.5) is 10.2 Å². The van der Waals surface area contributed by atoms with Crippen molar-refractivity contribution in [2.45, 2.75) is 26.2 Å². The van der Waals surface area contributed by atoms with Crippen LogP contribution in [-0.4, -0.2) is 30.9 Å². The Morgan fingerprint density at radius 2 is 1.81 bits per heavy atom. The Bertz CT molecular complexity index is 1280. The number of nitrogens with zero attached hydrogens (tertiary/aromatic N) is 5. The summed E-state index contributed by atoms with van der Waals surface area (Å²) in [7, 11) is 0. The van der Waals surface area contributed by atoms with Crippen LogP contribution in [0.3, 0.4) is 0 Å². The summed E-state index contributed by atoms with van der Waals surface area (Å²) < 4.78 is 14.8. The molecule has 5 rings (SSSR count). The van der Waals surface area contributed by atoms with Crippen molar-refractivity contribution >= 4 is 11.7 Å². The van der Waals surface area contributed by atoms with Gasteiger partial charge in [0, 0.05) is 23.5 Å². The molecule has 8 heteroatoms. The fraction of sp³-hybridized carbons (Fsp3) is 0.174. The molecule has 0 spiro atoms. The monoisotopic (exact) mass is 414 g/mol. The maximum Gasteiger partial charge on any atom is 0.272 e. The highest BCUT2D eigenvalue weighted by Crippen LogP contribution is 2.39. The highest BCUT2D eigenvalue weighted by atomic mass is 19.1. The summed E-state index contributed by atoms with van der Waals surface area (Å²) in [6, 6.07) is 14.2. The van der Waals surface area contributed by atoms with Crippen LogP contribution < -0.4 is 5.32 Å². The summed E-state index contributed by atoms with van der Waals surface area (Å²) in [4.78, 5) is 17.1. The number of fused-ring (bicyclic) bond motifs is 1. The van der Waals surface area contributed by atoms with Crippen molar-refractivity contribution in [3.8, 4) is 17.2 Å². The van der Waals surface area contributed by atoms with Gasteiger partial charge < -0.3 is 5.32 Å². The van der Waals surface area contributed by atoms with Gasteiger partial charge in [-0.05, 0) is 43.7 Å². The number of hydrogen-bond acceptors (Lipinski definition) is 5. The molecular weight excluding hydrogens is 395 g/mol. The molecule has 0 aliphatic carbocycles. The number of rotatable bonds is 3. The third-order valence-electron chi connectivity index (χ3n) is 5.46. The average Bonchev–Trinajstić information content (AvgIpc) is 3.10. The van der Waals surface area contributed by atoms with Gasteiger partial charge in [0.2, 0.25) is 5.91 Å². The highest BCUT2D eigenvalue weighted by molar-refractivity contribution is 5.95. The number of anilines is 1. The van der Waals surface area contributed by atoms with Gasteiger partial charge >= 0.3 is 0 Å². The summed E-state index contributed by atoms with van der Waals surface area (Å²) in [5.41, 5.74) is 5.19. The molecule has 3 heterocycles. The number of aryl methyl sites for hydroxylation is 2. The number of carbonyl (C=O) groups excluding carboxylic acids is 1. The minimum Gasteiger partial charge on any atom is -0.310 e. The van der Waals surface area contributed by atoms with Gasteiger partial charge in [0.05, 0.1) is 17.6 Å². The summed E-state index contributed by atoms with van der Waals surface area (Å²) in [6.45, 7) is 3.94. The Balaban J connectivity index is 1.60. The van der Waals surface area contributed by atoms with Gasteiger partial charge in [0.15, 0.2) is 0 Å². The molecule has 1 aliphatic heterocycles. The average molecular weight is 414 g/mol. The zero-order valence-corrected chi connectivity index (χ0v) is 17.0. The van der Waals surface area contributed by atoms with Crippen LogP contribution in [0.25, 0.3) is 17.2 Å². The third kappa shape index (κ3) is 3.46. The van der Waals surface area contributed by atoms with E-state index in [0.29, 0.717) is 23.5 Å². The van der Waals surface area contributed by atoms with Gasteiger partial charge in [-0.25, -0.2) is 9.37 Å². The van der Waals surface area contributed by atoms with Crippen molar-refractivity contribution in [3.05, 3.63) is 82.9 Å². The van der Waals surface area contributed by atoms with Crippen molar-refractivity contribution < 1.29 is 9.18 Å². The number of halogens is 1. The zero-order valence-electron chi connectivity index (χ0n) is 17.0. The molecule has 1 N–H and O–H groups in total. The van der Waals surface area contributed by atoms with Gasteiger partial charge in [-0.15, -0.1) is 5.10 Å². The van der Waals surface area contributed by atoms with E-state index in [1.165, 1.54) is 23.0 Å². The van der Waals surface area contributed by atoms with Crippen LogP contribution in [-0.2, 0) is 4.79 Å². The number of aromatic nitrogens is 5. The first-order chi connectivity index (χ1) is 15.0. The van der Waals surface area contributed by atoms with Crippen LogP contribution in [0.1, 0.15) is 34.7 Å². The minimum absolute atomic E-state index is 0.0955. The molecule has 31 heavy (non-hydrogen) atoms. The van der Waals surface area contributed by atoms with Crippen molar-refractivity contribution in [2.75, 3.05) is 5.32 Å². The van der Waals surface area contributed by atoms with Crippen molar-refractivity contribution in [1.29, 1.82) is 0 Å². The topological polar surface area (TPSA) is 85.6 Å². The van der Waals surface area contributed by atoms with Crippen molar-refractivity contribution in [1.82, 2.24) is 25.0 Å². The molecule has 0 saturated heterocycles. The number of hydrogen-bond donors (Lipinski definition) is 1. The van der Waals surface area contributed by atoms with Crippen molar-refractivity contribution in [2.24, 2.45) is 0 Å². The molecule has 1 atom stereocenters. The van der Waals surface area contributed by atoms with Gasteiger partial charge in [-0.1, -0.05) is 29.8 Å². The lowest BCUT2D eigenvalue weighted by Crippen LogP contribution is -2.25. The Labute approximate surface area is 178 Å². The second-order valence-electron chi connectivity index (χ2n) is 7.62. The Kier molecular flexibility index (Phi) is 4.54. The number of amides is 1. The van der Waals surface area contributed by atoms with E-state index in [1.807, 2.05) is 38.1 Å². The lowest BCUT2D eigenvalue weighted by Gasteiger charge is -2.24. The molecule has 4 aromatic rings. The minimum atomic E-state index is -0.326. The predicted molar refractivity (Wildman–Crippen MR) is 113 cm³/mol. The van der Waals surface area contributed by atoms with Crippen LogP contribution in [0.15, 0.2) is 54.7 Å².